The second kappa shape index (κ2) is 6.21. The van der Waals surface area contributed by atoms with E-state index in [1.54, 1.807) is 0 Å². The molecule has 0 aliphatic carbocycles. The smallest absolute Gasteiger partial charge is 0.0576 e. The van der Waals surface area contributed by atoms with Crippen LogP contribution < -0.4 is 11.1 Å². The first-order chi connectivity index (χ1) is 9.56. The van der Waals surface area contributed by atoms with Crippen LogP contribution in [0.4, 0.5) is 0 Å². The molecule has 2 rings (SSSR count). The standard InChI is InChI=1S/C18H24N2/c1-12-9-14(3)17(10-13(12)2)18(20-4)16-7-5-15(11-19)6-8-16/h5-10,18,20H,11,19H2,1-4H3. The van der Waals surface area contributed by atoms with Gasteiger partial charge in [-0.3, -0.25) is 0 Å². The summed E-state index contributed by atoms with van der Waals surface area (Å²) in [5.41, 5.74) is 13.5. The molecule has 3 N–H and O–H groups in total. The monoisotopic (exact) mass is 268 g/mol. The van der Waals surface area contributed by atoms with E-state index in [2.05, 4.69) is 62.5 Å². The minimum absolute atomic E-state index is 0.223. The van der Waals surface area contributed by atoms with E-state index in [1.807, 2.05) is 7.05 Å². The lowest BCUT2D eigenvalue weighted by molar-refractivity contribution is 0.686. The van der Waals surface area contributed by atoms with Crippen molar-refractivity contribution in [2.75, 3.05) is 7.05 Å². The minimum Gasteiger partial charge on any atom is -0.326 e. The molecule has 2 aromatic carbocycles. The van der Waals surface area contributed by atoms with Crippen LogP contribution in [-0.4, -0.2) is 7.05 Å². The van der Waals surface area contributed by atoms with Gasteiger partial charge in [-0.1, -0.05) is 36.4 Å². The van der Waals surface area contributed by atoms with Crippen LogP contribution in [0.3, 0.4) is 0 Å². The van der Waals surface area contributed by atoms with E-state index in [0.717, 1.165) is 0 Å². The highest BCUT2D eigenvalue weighted by molar-refractivity contribution is 5.42. The fraction of sp³-hybridized carbons (Fsp3) is 0.333. The minimum atomic E-state index is 0.223. The zero-order valence-electron chi connectivity index (χ0n) is 12.8. The predicted molar refractivity (Wildman–Crippen MR) is 85.9 cm³/mol. The van der Waals surface area contributed by atoms with E-state index in [-0.39, 0.29) is 6.04 Å². The molecule has 0 heterocycles. The quantitative estimate of drug-likeness (QED) is 0.892. The number of hydrogen-bond acceptors (Lipinski definition) is 2. The van der Waals surface area contributed by atoms with E-state index < -0.39 is 0 Å². The van der Waals surface area contributed by atoms with Gasteiger partial charge in [-0.05, 0) is 61.2 Å². The molecule has 0 saturated heterocycles. The number of nitrogens with two attached hydrogens (primary N) is 1. The van der Waals surface area contributed by atoms with Gasteiger partial charge < -0.3 is 11.1 Å². The van der Waals surface area contributed by atoms with Gasteiger partial charge in [0.25, 0.3) is 0 Å². The number of rotatable bonds is 4. The topological polar surface area (TPSA) is 38.0 Å². The average molecular weight is 268 g/mol. The zero-order valence-corrected chi connectivity index (χ0v) is 12.8. The summed E-state index contributed by atoms with van der Waals surface area (Å²) < 4.78 is 0. The molecule has 2 heteroatoms. The Morgan fingerprint density at radius 2 is 1.55 bits per heavy atom. The molecule has 0 saturated carbocycles. The molecule has 20 heavy (non-hydrogen) atoms. The Labute approximate surface area is 122 Å². The number of nitrogens with one attached hydrogen (secondary N) is 1. The lowest BCUT2D eigenvalue weighted by Crippen LogP contribution is -2.19. The molecule has 1 atom stereocenters. The molecule has 0 amide bonds. The third-order valence-electron chi connectivity index (χ3n) is 4.03. The van der Waals surface area contributed by atoms with Crippen LogP contribution in [0, 0.1) is 20.8 Å². The molecule has 2 nitrogen and oxygen atoms in total. The Balaban J connectivity index is 2.43. The lowest BCUT2D eigenvalue weighted by atomic mass is 9.91. The maximum Gasteiger partial charge on any atom is 0.0576 e. The molecule has 0 aliphatic rings. The fourth-order valence-corrected chi connectivity index (χ4v) is 2.64. The van der Waals surface area contributed by atoms with E-state index in [4.69, 9.17) is 5.73 Å². The second-order valence-electron chi connectivity index (χ2n) is 5.46. The molecule has 0 spiro atoms. The normalized spacial score (nSPS) is 12.4. The Morgan fingerprint density at radius 3 is 2.10 bits per heavy atom. The maximum absolute atomic E-state index is 5.66. The Bertz CT molecular complexity index is 585. The lowest BCUT2D eigenvalue weighted by Gasteiger charge is -2.21. The summed E-state index contributed by atoms with van der Waals surface area (Å²) >= 11 is 0. The van der Waals surface area contributed by atoms with Crippen molar-refractivity contribution in [3.05, 3.63) is 69.8 Å². The number of benzene rings is 2. The van der Waals surface area contributed by atoms with E-state index >= 15 is 0 Å². The van der Waals surface area contributed by atoms with Crippen LogP contribution in [-0.2, 0) is 6.54 Å². The van der Waals surface area contributed by atoms with Gasteiger partial charge in [0, 0.05) is 6.54 Å². The van der Waals surface area contributed by atoms with Crippen molar-refractivity contribution in [3.8, 4) is 0 Å². The Hall–Kier alpha value is -1.64. The van der Waals surface area contributed by atoms with Gasteiger partial charge in [-0.25, -0.2) is 0 Å². The molecule has 0 bridgehead atoms. The van der Waals surface area contributed by atoms with Gasteiger partial charge in [0.2, 0.25) is 0 Å². The summed E-state index contributed by atoms with van der Waals surface area (Å²) in [7, 11) is 2.01. The molecular weight excluding hydrogens is 244 g/mol. The SMILES string of the molecule is CNC(c1ccc(CN)cc1)c1cc(C)c(C)cc1C. The van der Waals surface area contributed by atoms with Crippen molar-refractivity contribution in [3.63, 3.8) is 0 Å². The van der Waals surface area contributed by atoms with Crippen molar-refractivity contribution < 1.29 is 0 Å². The molecule has 0 aromatic heterocycles. The highest BCUT2D eigenvalue weighted by atomic mass is 14.9. The van der Waals surface area contributed by atoms with Crippen LogP contribution in [0.2, 0.25) is 0 Å². The largest absolute Gasteiger partial charge is 0.326 e. The molecular formula is C18H24N2. The molecule has 0 aliphatic heterocycles. The van der Waals surface area contributed by atoms with E-state index in [1.165, 1.54) is 33.4 Å². The van der Waals surface area contributed by atoms with Gasteiger partial charge in [0.15, 0.2) is 0 Å². The summed E-state index contributed by atoms with van der Waals surface area (Å²) in [6, 6.07) is 13.3. The predicted octanol–water partition coefficient (Wildman–Crippen LogP) is 3.38. The van der Waals surface area contributed by atoms with Crippen LogP contribution in [0.25, 0.3) is 0 Å². The van der Waals surface area contributed by atoms with Crippen LogP contribution in [0.1, 0.15) is 39.4 Å². The van der Waals surface area contributed by atoms with Gasteiger partial charge in [0.1, 0.15) is 0 Å². The molecule has 2 aromatic rings. The van der Waals surface area contributed by atoms with Gasteiger partial charge >= 0.3 is 0 Å². The number of aryl methyl sites for hydroxylation is 3. The molecule has 0 fully saturated rings. The number of hydrogen-bond donors (Lipinski definition) is 2. The summed E-state index contributed by atoms with van der Waals surface area (Å²) in [6.45, 7) is 7.10. The molecule has 1 unspecified atom stereocenters. The first-order valence-corrected chi connectivity index (χ1v) is 7.10. The third-order valence-corrected chi connectivity index (χ3v) is 4.03. The summed E-state index contributed by atoms with van der Waals surface area (Å²) in [5.74, 6) is 0. The fourth-order valence-electron chi connectivity index (χ4n) is 2.64. The Kier molecular flexibility index (Phi) is 4.58. The van der Waals surface area contributed by atoms with Crippen LogP contribution in [0.5, 0.6) is 0 Å². The highest BCUT2D eigenvalue weighted by Crippen LogP contribution is 2.27. The second-order valence-corrected chi connectivity index (χ2v) is 5.46. The first-order valence-electron chi connectivity index (χ1n) is 7.10. The van der Waals surface area contributed by atoms with Crippen molar-refractivity contribution in [2.45, 2.75) is 33.4 Å². The summed E-state index contributed by atoms with van der Waals surface area (Å²) in [5, 5.41) is 3.43. The van der Waals surface area contributed by atoms with Crippen molar-refractivity contribution in [1.29, 1.82) is 0 Å². The highest BCUT2D eigenvalue weighted by Gasteiger charge is 2.15. The Morgan fingerprint density at radius 1 is 0.950 bits per heavy atom. The average Bonchev–Trinajstić information content (AvgIpc) is 2.46. The van der Waals surface area contributed by atoms with Crippen molar-refractivity contribution in [1.82, 2.24) is 5.32 Å². The van der Waals surface area contributed by atoms with Crippen LogP contribution in [0.15, 0.2) is 36.4 Å². The maximum atomic E-state index is 5.66. The third kappa shape index (κ3) is 2.92. The van der Waals surface area contributed by atoms with Crippen molar-refractivity contribution >= 4 is 0 Å². The van der Waals surface area contributed by atoms with Crippen molar-refractivity contribution in [2.24, 2.45) is 5.73 Å². The molecule has 0 radical (unpaired) electrons. The zero-order chi connectivity index (χ0) is 14.7. The van der Waals surface area contributed by atoms with E-state index in [9.17, 15) is 0 Å². The van der Waals surface area contributed by atoms with E-state index in [0.29, 0.717) is 6.54 Å². The van der Waals surface area contributed by atoms with Crippen LogP contribution >= 0.6 is 0 Å². The summed E-state index contributed by atoms with van der Waals surface area (Å²) in [6.07, 6.45) is 0. The van der Waals surface area contributed by atoms with Gasteiger partial charge in [-0.2, -0.15) is 0 Å². The molecule has 106 valence electrons. The summed E-state index contributed by atoms with van der Waals surface area (Å²) in [4.78, 5) is 0. The van der Waals surface area contributed by atoms with Gasteiger partial charge in [0.05, 0.1) is 6.04 Å². The first kappa shape index (κ1) is 14.8. The van der Waals surface area contributed by atoms with Gasteiger partial charge in [-0.15, -0.1) is 0 Å².